The van der Waals surface area contributed by atoms with Gasteiger partial charge in [-0.15, -0.1) is 0 Å². The largest absolute Gasteiger partial charge is 0.463 e. The Balaban J connectivity index is 1.64. The van der Waals surface area contributed by atoms with Crippen LogP contribution in [0.2, 0.25) is 5.02 Å². The number of carbonyl (C=O) groups is 2. The molecule has 0 bridgehead atoms. The molecule has 1 fully saturated rings. The number of hydrogen-bond acceptors (Lipinski definition) is 4. The molecule has 0 radical (unpaired) electrons. The number of aromatic nitrogens is 1. The molecule has 1 aromatic carbocycles. The van der Waals surface area contributed by atoms with E-state index in [1.54, 1.807) is 43.5 Å². The van der Waals surface area contributed by atoms with Gasteiger partial charge in [0.1, 0.15) is 23.1 Å². The van der Waals surface area contributed by atoms with E-state index in [0.29, 0.717) is 27.9 Å². The van der Waals surface area contributed by atoms with Crippen LogP contribution in [-0.2, 0) is 11.3 Å². The lowest BCUT2D eigenvalue weighted by Gasteiger charge is -2.45. The molecule has 1 aliphatic carbocycles. The fourth-order valence-electron chi connectivity index (χ4n) is 5.18. The number of carbonyl (C=O) groups excluding carboxylic acids is 2. The number of benzene rings is 1. The zero-order valence-corrected chi connectivity index (χ0v) is 19.9. The third kappa shape index (κ3) is 3.58. The maximum atomic E-state index is 13.9. The first-order valence-corrected chi connectivity index (χ1v) is 11.8. The monoisotopic (exact) mass is 489 g/mol. The molecule has 174 valence electrons. The predicted octanol–water partition coefficient (Wildman–Crippen LogP) is 5.53. The van der Waals surface area contributed by atoms with Crippen LogP contribution in [0.25, 0.3) is 11.1 Å². The lowest BCUT2D eigenvalue weighted by atomic mass is 9.84. The fraction of sp³-hybridized carbons (Fsp3) is 0.417. The van der Waals surface area contributed by atoms with Crippen molar-refractivity contribution in [3.63, 3.8) is 0 Å². The first-order chi connectivity index (χ1) is 15.8. The molecule has 0 saturated heterocycles. The first-order valence-electron chi connectivity index (χ1n) is 11.1. The van der Waals surface area contributed by atoms with Gasteiger partial charge in [0.15, 0.2) is 11.3 Å². The van der Waals surface area contributed by atoms with E-state index in [4.69, 9.17) is 32.2 Å². The zero-order valence-electron chi connectivity index (χ0n) is 18.4. The Kier molecular flexibility index (Phi) is 5.57. The SMILES string of the molecule is CC1CCCCC1NC(=O)C1(C)Cn2c(cc3occc32)C(=O)N1c1cc(Cl)ccc1OCl. The number of nitrogens with zero attached hydrogens (tertiary/aromatic N) is 2. The molecule has 3 aromatic rings. The minimum atomic E-state index is -1.26. The zero-order chi connectivity index (χ0) is 23.3. The molecule has 3 heterocycles. The highest BCUT2D eigenvalue weighted by Gasteiger charge is 2.50. The summed E-state index contributed by atoms with van der Waals surface area (Å²) in [7, 11) is 0. The molecular formula is C24H25Cl2N3O4. The quantitative estimate of drug-likeness (QED) is 0.522. The van der Waals surface area contributed by atoms with Gasteiger partial charge in [-0.2, -0.15) is 0 Å². The molecule has 2 aromatic heterocycles. The van der Waals surface area contributed by atoms with Crippen LogP contribution in [0.1, 0.15) is 50.0 Å². The van der Waals surface area contributed by atoms with Gasteiger partial charge in [0, 0.05) is 23.2 Å². The van der Waals surface area contributed by atoms with Crippen molar-refractivity contribution in [1.29, 1.82) is 0 Å². The Hall–Kier alpha value is -2.64. The lowest BCUT2D eigenvalue weighted by Crippen LogP contribution is -2.65. The van der Waals surface area contributed by atoms with Gasteiger partial charge in [0.2, 0.25) is 5.91 Å². The Morgan fingerprint density at radius 2 is 2.03 bits per heavy atom. The van der Waals surface area contributed by atoms with Gasteiger partial charge in [-0.1, -0.05) is 31.4 Å². The van der Waals surface area contributed by atoms with Crippen molar-refractivity contribution in [2.75, 3.05) is 4.90 Å². The third-order valence-corrected chi connectivity index (χ3v) is 7.47. The van der Waals surface area contributed by atoms with Gasteiger partial charge in [0.25, 0.3) is 5.91 Å². The molecule has 33 heavy (non-hydrogen) atoms. The predicted molar refractivity (Wildman–Crippen MR) is 127 cm³/mol. The highest BCUT2D eigenvalue weighted by molar-refractivity contribution is 6.31. The Morgan fingerprint density at radius 3 is 2.79 bits per heavy atom. The molecule has 5 rings (SSSR count). The van der Waals surface area contributed by atoms with Crippen molar-refractivity contribution < 1.29 is 18.3 Å². The molecule has 3 unspecified atom stereocenters. The van der Waals surface area contributed by atoms with Crippen LogP contribution in [0.3, 0.4) is 0 Å². The van der Waals surface area contributed by atoms with Gasteiger partial charge < -0.3 is 18.6 Å². The van der Waals surface area contributed by atoms with Gasteiger partial charge in [-0.05, 0) is 43.9 Å². The molecule has 0 spiro atoms. The Bertz CT molecular complexity index is 1240. The summed E-state index contributed by atoms with van der Waals surface area (Å²) < 4.78 is 12.4. The second-order valence-electron chi connectivity index (χ2n) is 9.23. The van der Waals surface area contributed by atoms with E-state index >= 15 is 0 Å². The average Bonchev–Trinajstić information content (AvgIpc) is 3.38. The molecule has 1 N–H and O–H groups in total. The molecular weight excluding hydrogens is 465 g/mol. The van der Waals surface area contributed by atoms with E-state index in [9.17, 15) is 9.59 Å². The average molecular weight is 490 g/mol. The number of rotatable bonds is 4. The molecule has 9 heteroatoms. The van der Waals surface area contributed by atoms with Gasteiger partial charge in [-0.25, -0.2) is 0 Å². The van der Waals surface area contributed by atoms with Crippen molar-refractivity contribution in [2.24, 2.45) is 5.92 Å². The van der Waals surface area contributed by atoms with Crippen LogP contribution in [0, 0.1) is 5.92 Å². The minimum absolute atomic E-state index is 0.0585. The summed E-state index contributed by atoms with van der Waals surface area (Å²) in [6.07, 6.45) is 5.81. The summed E-state index contributed by atoms with van der Waals surface area (Å²) in [5.41, 5.74) is 0.841. The van der Waals surface area contributed by atoms with Crippen LogP contribution >= 0.6 is 23.5 Å². The van der Waals surface area contributed by atoms with E-state index in [2.05, 4.69) is 12.2 Å². The van der Waals surface area contributed by atoms with Crippen molar-refractivity contribution in [3.05, 3.63) is 47.3 Å². The molecule has 3 atom stereocenters. The molecule has 1 saturated carbocycles. The highest BCUT2D eigenvalue weighted by Crippen LogP contribution is 2.42. The van der Waals surface area contributed by atoms with E-state index in [1.165, 1.54) is 11.3 Å². The number of fused-ring (bicyclic) bond motifs is 3. The topological polar surface area (TPSA) is 76.7 Å². The third-order valence-electron chi connectivity index (χ3n) is 7.07. The van der Waals surface area contributed by atoms with Crippen LogP contribution in [0.5, 0.6) is 5.75 Å². The summed E-state index contributed by atoms with van der Waals surface area (Å²) in [6, 6.07) is 8.35. The standard InChI is InChI=1S/C24H25Cl2N3O4/c1-14-5-3-4-6-16(14)27-23(31)24(2)13-28-17-9-10-32-21(17)12-19(28)22(30)29(24)18-11-15(25)7-8-20(18)33-26/h7-12,14,16H,3-6,13H2,1-2H3,(H,27,31). The number of amides is 2. The number of furan rings is 1. The van der Waals surface area contributed by atoms with E-state index in [0.717, 1.165) is 24.8 Å². The normalized spacial score (nSPS) is 25.2. The lowest BCUT2D eigenvalue weighted by molar-refractivity contribution is -0.127. The molecule has 2 aliphatic rings. The number of halogens is 2. The number of hydrogen-bond donors (Lipinski definition) is 1. The summed E-state index contributed by atoms with van der Waals surface area (Å²) in [5, 5.41) is 3.64. The van der Waals surface area contributed by atoms with Crippen LogP contribution < -0.4 is 14.5 Å². The van der Waals surface area contributed by atoms with Crippen molar-refractivity contribution in [1.82, 2.24) is 9.88 Å². The summed E-state index contributed by atoms with van der Waals surface area (Å²) in [6.45, 7) is 4.16. The van der Waals surface area contributed by atoms with Gasteiger partial charge in [0.05, 0.1) is 24.0 Å². The van der Waals surface area contributed by atoms with Crippen molar-refractivity contribution in [2.45, 2.75) is 57.7 Å². The summed E-state index contributed by atoms with van der Waals surface area (Å²) >= 11 is 12.0. The minimum Gasteiger partial charge on any atom is -0.463 e. The molecule has 7 nitrogen and oxygen atoms in total. The van der Waals surface area contributed by atoms with E-state index < -0.39 is 5.54 Å². The second kappa shape index (κ2) is 8.29. The van der Waals surface area contributed by atoms with Gasteiger partial charge in [-0.3, -0.25) is 14.5 Å². The van der Waals surface area contributed by atoms with E-state index in [-0.39, 0.29) is 30.2 Å². The first kappa shape index (κ1) is 22.2. The maximum absolute atomic E-state index is 13.9. The van der Waals surface area contributed by atoms with Crippen LogP contribution in [0.15, 0.2) is 41.0 Å². The highest BCUT2D eigenvalue weighted by atomic mass is 35.5. The smallest absolute Gasteiger partial charge is 0.276 e. The fourth-order valence-corrected chi connectivity index (χ4v) is 5.47. The second-order valence-corrected chi connectivity index (χ2v) is 9.82. The van der Waals surface area contributed by atoms with E-state index in [1.807, 2.05) is 4.57 Å². The Morgan fingerprint density at radius 1 is 1.24 bits per heavy atom. The summed E-state index contributed by atoms with van der Waals surface area (Å²) in [4.78, 5) is 29.2. The number of anilines is 1. The van der Waals surface area contributed by atoms with Crippen LogP contribution in [-0.4, -0.2) is 28.0 Å². The van der Waals surface area contributed by atoms with Crippen LogP contribution in [0.4, 0.5) is 5.69 Å². The van der Waals surface area contributed by atoms with Crippen molar-refractivity contribution >= 4 is 52.1 Å². The van der Waals surface area contributed by atoms with Gasteiger partial charge >= 0.3 is 0 Å². The Labute approximate surface area is 201 Å². The maximum Gasteiger partial charge on any atom is 0.276 e. The summed E-state index contributed by atoms with van der Waals surface area (Å²) in [5.74, 6) is 0.0168. The number of nitrogens with one attached hydrogen (secondary N) is 1. The molecule has 1 aliphatic heterocycles. The molecule has 2 amide bonds. The van der Waals surface area contributed by atoms with Crippen molar-refractivity contribution in [3.8, 4) is 5.75 Å².